The number of amides is 1. The molecule has 3 nitrogen and oxygen atoms in total. The third-order valence-electron chi connectivity index (χ3n) is 3.58. The molecule has 4 heteroatoms. The van der Waals surface area contributed by atoms with Gasteiger partial charge >= 0.3 is 0 Å². The van der Waals surface area contributed by atoms with Crippen molar-refractivity contribution in [3.63, 3.8) is 0 Å². The first kappa shape index (κ1) is 16.0. The Kier molecular flexibility index (Phi) is 6.89. The van der Waals surface area contributed by atoms with Gasteiger partial charge in [0.1, 0.15) is 0 Å². The third kappa shape index (κ3) is 4.51. The highest BCUT2D eigenvalue weighted by atomic mass is 35.5. The number of aryl methyl sites for hydroxylation is 1. The van der Waals surface area contributed by atoms with Crippen LogP contribution in [0.5, 0.6) is 0 Å². The molecular weight excluding hydrogens is 260 g/mol. The highest BCUT2D eigenvalue weighted by Crippen LogP contribution is 2.10. The molecule has 1 aromatic carbocycles. The Morgan fingerprint density at radius 3 is 2.89 bits per heavy atom. The lowest BCUT2D eigenvalue weighted by Gasteiger charge is -2.12. The van der Waals surface area contributed by atoms with Gasteiger partial charge in [-0.05, 0) is 43.9 Å². The molecule has 1 atom stereocenters. The minimum absolute atomic E-state index is 0. The van der Waals surface area contributed by atoms with Crippen LogP contribution in [0.1, 0.15) is 42.1 Å². The molecule has 0 unspecified atom stereocenters. The molecule has 2 N–H and O–H groups in total. The van der Waals surface area contributed by atoms with Crippen LogP contribution >= 0.6 is 12.4 Å². The van der Waals surface area contributed by atoms with Crippen molar-refractivity contribution < 1.29 is 4.79 Å². The summed E-state index contributed by atoms with van der Waals surface area (Å²) in [6, 6.07) is 8.42. The molecule has 1 aromatic rings. The molecule has 0 aliphatic carbocycles. The van der Waals surface area contributed by atoms with Crippen LogP contribution in [0.15, 0.2) is 24.3 Å². The van der Waals surface area contributed by atoms with E-state index in [1.54, 1.807) is 0 Å². The predicted octanol–water partition coefficient (Wildman–Crippen LogP) is 2.54. The van der Waals surface area contributed by atoms with E-state index in [4.69, 9.17) is 0 Å². The molecule has 1 fully saturated rings. The first-order valence-electron chi connectivity index (χ1n) is 6.90. The Morgan fingerprint density at radius 2 is 2.21 bits per heavy atom. The summed E-state index contributed by atoms with van der Waals surface area (Å²) < 4.78 is 0. The lowest BCUT2D eigenvalue weighted by atomic mass is 10.0. The van der Waals surface area contributed by atoms with Crippen LogP contribution in [0, 0.1) is 0 Å². The molecule has 1 aliphatic heterocycles. The van der Waals surface area contributed by atoms with Crippen LogP contribution in [0.3, 0.4) is 0 Å². The van der Waals surface area contributed by atoms with Gasteiger partial charge in [0.05, 0.1) is 0 Å². The van der Waals surface area contributed by atoms with E-state index in [1.807, 2.05) is 24.3 Å². The average molecular weight is 283 g/mol. The maximum Gasteiger partial charge on any atom is 0.251 e. The Labute approximate surface area is 121 Å². The summed E-state index contributed by atoms with van der Waals surface area (Å²) >= 11 is 0. The molecule has 0 radical (unpaired) electrons. The predicted molar refractivity (Wildman–Crippen MR) is 81.0 cm³/mol. The molecule has 0 spiro atoms. The van der Waals surface area contributed by atoms with Gasteiger partial charge in [-0.1, -0.05) is 25.1 Å². The summed E-state index contributed by atoms with van der Waals surface area (Å²) in [5.74, 6) is 0.0606. The maximum absolute atomic E-state index is 12.1. The van der Waals surface area contributed by atoms with E-state index in [2.05, 4.69) is 17.6 Å². The van der Waals surface area contributed by atoms with Crippen molar-refractivity contribution in [2.45, 2.75) is 38.6 Å². The number of carbonyl (C=O) groups is 1. The summed E-state index contributed by atoms with van der Waals surface area (Å²) in [6.07, 6.45) is 4.42. The minimum Gasteiger partial charge on any atom is -0.352 e. The summed E-state index contributed by atoms with van der Waals surface area (Å²) in [5, 5.41) is 6.46. The van der Waals surface area contributed by atoms with Crippen molar-refractivity contribution in [2.24, 2.45) is 0 Å². The number of nitrogens with one attached hydrogen (secondary N) is 2. The average Bonchev–Trinajstić information content (AvgIpc) is 2.91. The number of hydrogen-bond acceptors (Lipinski definition) is 2. The molecule has 0 aromatic heterocycles. The van der Waals surface area contributed by atoms with Crippen molar-refractivity contribution in [2.75, 3.05) is 13.1 Å². The molecule has 1 heterocycles. The Morgan fingerprint density at radius 1 is 1.42 bits per heavy atom. The van der Waals surface area contributed by atoms with Crippen molar-refractivity contribution in [1.82, 2.24) is 10.6 Å². The van der Waals surface area contributed by atoms with Gasteiger partial charge in [-0.3, -0.25) is 4.79 Å². The minimum atomic E-state index is 0. The number of benzene rings is 1. The summed E-state index contributed by atoms with van der Waals surface area (Å²) in [5.41, 5.74) is 1.94. The lowest BCUT2D eigenvalue weighted by Crippen LogP contribution is -2.31. The second kappa shape index (κ2) is 8.18. The van der Waals surface area contributed by atoms with Crippen molar-refractivity contribution >= 4 is 18.3 Å². The van der Waals surface area contributed by atoms with Crippen LogP contribution in [0.2, 0.25) is 0 Å². The maximum atomic E-state index is 12.1. The van der Waals surface area contributed by atoms with Gasteiger partial charge < -0.3 is 10.6 Å². The van der Waals surface area contributed by atoms with Crippen LogP contribution < -0.4 is 10.6 Å². The second-order valence-electron chi connectivity index (χ2n) is 4.85. The first-order chi connectivity index (χ1) is 8.81. The number of rotatable bonds is 5. The zero-order chi connectivity index (χ0) is 12.8. The summed E-state index contributed by atoms with van der Waals surface area (Å²) in [7, 11) is 0. The van der Waals surface area contributed by atoms with Crippen LogP contribution in [-0.4, -0.2) is 25.0 Å². The van der Waals surface area contributed by atoms with Gasteiger partial charge in [-0.25, -0.2) is 0 Å². The SMILES string of the molecule is CCc1ccccc1C(=O)NCC[C@H]1CCCN1.Cl. The highest BCUT2D eigenvalue weighted by molar-refractivity contribution is 5.95. The first-order valence-corrected chi connectivity index (χ1v) is 6.90. The molecule has 106 valence electrons. The Balaban J connectivity index is 0.00000180. The van der Waals surface area contributed by atoms with Crippen LogP contribution in [0.25, 0.3) is 0 Å². The molecule has 19 heavy (non-hydrogen) atoms. The van der Waals surface area contributed by atoms with E-state index < -0.39 is 0 Å². The topological polar surface area (TPSA) is 41.1 Å². The van der Waals surface area contributed by atoms with Crippen LogP contribution in [-0.2, 0) is 6.42 Å². The number of hydrogen-bond donors (Lipinski definition) is 2. The van der Waals surface area contributed by atoms with E-state index in [0.717, 1.165) is 37.1 Å². The Hall–Kier alpha value is -1.06. The molecule has 1 amide bonds. The van der Waals surface area contributed by atoms with Gasteiger partial charge in [-0.15, -0.1) is 12.4 Å². The fourth-order valence-corrected chi connectivity index (χ4v) is 2.51. The lowest BCUT2D eigenvalue weighted by molar-refractivity contribution is 0.0951. The highest BCUT2D eigenvalue weighted by Gasteiger charge is 2.14. The van der Waals surface area contributed by atoms with Gasteiger partial charge in [0, 0.05) is 18.2 Å². The van der Waals surface area contributed by atoms with E-state index >= 15 is 0 Å². The molecule has 0 bridgehead atoms. The van der Waals surface area contributed by atoms with Crippen molar-refractivity contribution in [3.8, 4) is 0 Å². The standard InChI is InChI=1S/C15H22N2O.ClH/c1-2-12-6-3-4-8-14(12)15(18)17-11-9-13-7-5-10-16-13;/h3-4,6,8,13,16H,2,5,7,9-11H2,1H3,(H,17,18);1H/t13-;/m1./s1. The zero-order valence-electron chi connectivity index (χ0n) is 11.4. The van der Waals surface area contributed by atoms with Gasteiger partial charge in [0.15, 0.2) is 0 Å². The van der Waals surface area contributed by atoms with E-state index in [1.165, 1.54) is 12.8 Å². The number of halogens is 1. The summed E-state index contributed by atoms with van der Waals surface area (Å²) in [6.45, 7) is 3.96. The van der Waals surface area contributed by atoms with E-state index in [9.17, 15) is 4.79 Å². The fourth-order valence-electron chi connectivity index (χ4n) is 2.51. The molecule has 2 rings (SSSR count). The van der Waals surface area contributed by atoms with E-state index in [0.29, 0.717) is 6.04 Å². The second-order valence-corrected chi connectivity index (χ2v) is 4.85. The van der Waals surface area contributed by atoms with Crippen molar-refractivity contribution in [1.29, 1.82) is 0 Å². The van der Waals surface area contributed by atoms with Crippen LogP contribution in [0.4, 0.5) is 0 Å². The van der Waals surface area contributed by atoms with Gasteiger partial charge in [-0.2, -0.15) is 0 Å². The fraction of sp³-hybridized carbons (Fsp3) is 0.533. The summed E-state index contributed by atoms with van der Waals surface area (Å²) in [4.78, 5) is 12.1. The smallest absolute Gasteiger partial charge is 0.251 e. The largest absolute Gasteiger partial charge is 0.352 e. The van der Waals surface area contributed by atoms with Gasteiger partial charge in [0.2, 0.25) is 0 Å². The van der Waals surface area contributed by atoms with Crippen molar-refractivity contribution in [3.05, 3.63) is 35.4 Å². The molecule has 1 aliphatic rings. The van der Waals surface area contributed by atoms with E-state index in [-0.39, 0.29) is 18.3 Å². The Bertz CT molecular complexity index is 403. The normalized spacial score (nSPS) is 17.8. The molecule has 1 saturated heterocycles. The monoisotopic (exact) mass is 282 g/mol. The number of carbonyl (C=O) groups excluding carboxylic acids is 1. The molecule has 0 saturated carbocycles. The van der Waals surface area contributed by atoms with Gasteiger partial charge in [0.25, 0.3) is 5.91 Å². The molecular formula is C15H23ClN2O. The quantitative estimate of drug-likeness (QED) is 0.871. The zero-order valence-corrected chi connectivity index (χ0v) is 12.3. The third-order valence-corrected chi connectivity index (χ3v) is 3.58.